The second-order valence-corrected chi connectivity index (χ2v) is 9.86. The first-order chi connectivity index (χ1) is 17.3. The highest BCUT2D eigenvalue weighted by atomic mass is 32.1. The molecule has 0 spiro atoms. The van der Waals surface area contributed by atoms with E-state index in [1.54, 1.807) is 0 Å². The molecule has 3 aromatic carbocycles. The van der Waals surface area contributed by atoms with E-state index in [1.807, 2.05) is 6.07 Å². The van der Waals surface area contributed by atoms with E-state index in [4.69, 9.17) is 0 Å². The molecule has 5 aromatic rings. The van der Waals surface area contributed by atoms with E-state index in [0.29, 0.717) is 4.96 Å². The quantitative estimate of drug-likeness (QED) is 0.370. The van der Waals surface area contributed by atoms with Gasteiger partial charge in [0.05, 0.1) is 17.0 Å². The Kier molecular flexibility index (Phi) is 6.04. The molecule has 176 valence electrons. The molecular formula is C28H27N5OS. The van der Waals surface area contributed by atoms with Crippen molar-refractivity contribution in [1.82, 2.24) is 24.4 Å². The topological polar surface area (TPSA) is 56.9 Å². The summed E-state index contributed by atoms with van der Waals surface area (Å²) in [7, 11) is 0. The molecule has 1 fully saturated rings. The third-order valence-electron chi connectivity index (χ3n) is 6.81. The Morgan fingerprint density at radius 3 is 1.60 bits per heavy atom. The Bertz CT molecular complexity index is 1340. The lowest BCUT2D eigenvalue weighted by Crippen LogP contribution is -2.49. The molecule has 6 rings (SSSR count). The molecule has 0 unspecified atom stereocenters. The van der Waals surface area contributed by atoms with Crippen molar-refractivity contribution in [3.05, 3.63) is 119 Å². The van der Waals surface area contributed by atoms with Crippen molar-refractivity contribution in [2.24, 2.45) is 0 Å². The maximum Gasteiger partial charge on any atom is 0.230 e. The van der Waals surface area contributed by atoms with Gasteiger partial charge in [-0.3, -0.25) is 9.80 Å². The number of aromatic nitrogens is 3. The molecule has 2 aromatic heterocycles. The molecule has 35 heavy (non-hydrogen) atoms. The van der Waals surface area contributed by atoms with Crippen molar-refractivity contribution >= 4 is 16.3 Å². The highest BCUT2D eigenvalue weighted by molar-refractivity contribution is 7.17. The first-order valence-electron chi connectivity index (χ1n) is 11.9. The van der Waals surface area contributed by atoms with Gasteiger partial charge >= 0.3 is 0 Å². The van der Waals surface area contributed by atoms with Gasteiger partial charge < -0.3 is 5.11 Å². The number of nitrogens with zero attached hydrogens (tertiary/aromatic N) is 5. The van der Waals surface area contributed by atoms with Crippen LogP contribution in [0.5, 0.6) is 5.88 Å². The molecule has 7 heteroatoms. The fourth-order valence-electron chi connectivity index (χ4n) is 5.17. The van der Waals surface area contributed by atoms with Gasteiger partial charge in [-0.2, -0.15) is 9.61 Å². The van der Waals surface area contributed by atoms with Crippen LogP contribution in [0.2, 0.25) is 0 Å². The number of fused-ring (bicyclic) bond motifs is 1. The third kappa shape index (κ3) is 4.23. The number of piperazine rings is 1. The fourth-order valence-corrected chi connectivity index (χ4v) is 6.27. The second kappa shape index (κ2) is 9.62. The number of hydrogen-bond donors (Lipinski definition) is 1. The van der Waals surface area contributed by atoms with Gasteiger partial charge in [-0.25, -0.2) is 4.98 Å². The Balaban J connectivity index is 1.30. The molecule has 6 nitrogen and oxygen atoms in total. The Labute approximate surface area is 208 Å². The molecular weight excluding hydrogens is 454 g/mol. The van der Waals surface area contributed by atoms with E-state index in [-0.39, 0.29) is 18.0 Å². The normalized spacial score (nSPS) is 16.1. The predicted molar refractivity (Wildman–Crippen MR) is 139 cm³/mol. The van der Waals surface area contributed by atoms with E-state index in [1.165, 1.54) is 38.9 Å². The third-order valence-corrected chi connectivity index (χ3v) is 7.90. The van der Waals surface area contributed by atoms with Crippen LogP contribution >= 0.6 is 11.3 Å². The van der Waals surface area contributed by atoms with Gasteiger partial charge in [0.25, 0.3) is 0 Å². The average Bonchev–Trinajstić information content (AvgIpc) is 3.50. The van der Waals surface area contributed by atoms with Crippen molar-refractivity contribution in [1.29, 1.82) is 0 Å². The van der Waals surface area contributed by atoms with Crippen LogP contribution in [0.3, 0.4) is 0 Å². The second-order valence-electron chi connectivity index (χ2n) is 8.85. The molecule has 1 N–H and O–H groups in total. The van der Waals surface area contributed by atoms with Crippen LogP contribution in [0, 0.1) is 0 Å². The molecule has 0 bridgehead atoms. The van der Waals surface area contributed by atoms with Crippen LogP contribution < -0.4 is 0 Å². The van der Waals surface area contributed by atoms with E-state index in [0.717, 1.165) is 31.1 Å². The molecule has 0 saturated carbocycles. The molecule has 1 atom stereocenters. The first kappa shape index (κ1) is 22.0. The predicted octanol–water partition coefficient (Wildman–Crippen LogP) is 4.99. The van der Waals surface area contributed by atoms with Crippen LogP contribution in [0.4, 0.5) is 0 Å². The number of aromatic hydroxyl groups is 1. The first-order valence-corrected chi connectivity index (χ1v) is 12.8. The summed E-state index contributed by atoms with van der Waals surface area (Å²) in [5.41, 5.74) is 3.80. The summed E-state index contributed by atoms with van der Waals surface area (Å²) >= 11 is 1.51. The van der Waals surface area contributed by atoms with Gasteiger partial charge in [-0.1, -0.05) is 102 Å². The van der Waals surface area contributed by atoms with Crippen LogP contribution in [-0.4, -0.2) is 55.7 Å². The van der Waals surface area contributed by atoms with Crippen LogP contribution in [-0.2, 0) is 0 Å². The summed E-state index contributed by atoms with van der Waals surface area (Å²) in [6, 6.07) is 32.2. The summed E-state index contributed by atoms with van der Waals surface area (Å²) < 4.78 is 1.53. The molecule has 0 amide bonds. The molecule has 1 aliphatic rings. The Hall–Kier alpha value is -3.52. The lowest BCUT2D eigenvalue weighted by atomic mass is 9.96. The minimum Gasteiger partial charge on any atom is -0.492 e. The van der Waals surface area contributed by atoms with Gasteiger partial charge in [0.1, 0.15) is 6.33 Å². The van der Waals surface area contributed by atoms with E-state index < -0.39 is 0 Å². The largest absolute Gasteiger partial charge is 0.492 e. The molecule has 1 saturated heterocycles. The highest BCUT2D eigenvalue weighted by Gasteiger charge is 2.33. The van der Waals surface area contributed by atoms with E-state index in [2.05, 4.69) is 105 Å². The zero-order chi connectivity index (χ0) is 23.6. The Morgan fingerprint density at radius 2 is 1.11 bits per heavy atom. The van der Waals surface area contributed by atoms with Gasteiger partial charge in [-0.15, -0.1) is 0 Å². The molecule has 3 heterocycles. The van der Waals surface area contributed by atoms with Gasteiger partial charge in [0.2, 0.25) is 10.8 Å². The van der Waals surface area contributed by atoms with E-state index >= 15 is 0 Å². The molecule has 0 radical (unpaired) electrons. The Morgan fingerprint density at radius 1 is 0.657 bits per heavy atom. The number of thiazole rings is 1. The van der Waals surface area contributed by atoms with Crippen molar-refractivity contribution in [2.45, 2.75) is 12.1 Å². The number of rotatable bonds is 6. The van der Waals surface area contributed by atoms with Gasteiger partial charge in [-0.05, 0) is 16.7 Å². The van der Waals surface area contributed by atoms with Crippen molar-refractivity contribution in [3.8, 4) is 5.88 Å². The zero-order valence-corrected chi connectivity index (χ0v) is 20.1. The van der Waals surface area contributed by atoms with Gasteiger partial charge in [0.15, 0.2) is 0 Å². The standard InChI is InChI=1S/C28H27N5OS/c34-27-26(35-28-29-20-30-33(27)28)25(23-14-8-3-9-15-23)32-18-16-31(17-19-32)24(21-10-4-1-5-11-21)22-12-6-2-7-13-22/h1-15,20,24-25,34H,16-19H2/t25-/m0/s1. The van der Waals surface area contributed by atoms with Crippen molar-refractivity contribution in [2.75, 3.05) is 26.2 Å². The van der Waals surface area contributed by atoms with Crippen molar-refractivity contribution in [3.63, 3.8) is 0 Å². The maximum absolute atomic E-state index is 11.0. The zero-order valence-electron chi connectivity index (χ0n) is 19.3. The summed E-state index contributed by atoms with van der Waals surface area (Å²) in [5, 5.41) is 15.2. The summed E-state index contributed by atoms with van der Waals surface area (Å²) in [5.74, 6) is 0.185. The monoisotopic (exact) mass is 481 g/mol. The van der Waals surface area contributed by atoms with Crippen LogP contribution in [0.1, 0.15) is 33.7 Å². The molecule has 0 aliphatic carbocycles. The highest BCUT2D eigenvalue weighted by Crippen LogP contribution is 2.40. The SMILES string of the molecule is Oc1c([C@H](c2ccccc2)N2CCN(C(c3ccccc3)c3ccccc3)CC2)sc2ncnn12. The van der Waals surface area contributed by atoms with E-state index in [9.17, 15) is 5.11 Å². The average molecular weight is 482 g/mol. The minimum atomic E-state index is -0.0428. The van der Waals surface area contributed by atoms with Crippen LogP contribution in [0.25, 0.3) is 4.96 Å². The minimum absolute atomic E-state index is 0.0428. The number of benzene rings is 3. The number of hydrogen-bond acceptors (Lipinski definition) is 6. The fraction of sp³-hybridized carbons (Fsp3) is 0.214. The molecule has 1 aliphatic heterocycles. The van der Waals surface area contributed by atoms with Crippen molar-refractivity contribution < 1.29 is 5.11 Å². The lowest BCUT2D eigenvalue weighted by molar-refractivity contribution is 0.0899. The van der Waals surface area contributed by atoms with Gasteiger partial charge in [0, 0.05) is 26.2 Å². The lowest BCUT2D eigenvalue weighted by Gasteiger charge is -2.42. The van der Waals surface area contributed by atoms with Crippen LogP contribution in [0.15, 0.2) is 97.3 Å². The summed E-state index contributed by atoms with van der Waals surface area (Å²) in [6.45, 7) is 3.64. The maximum atomic E-state index is 11.0. The smallest absolute Gasteiger partial charge is 0.230 e. The summed E-state index contributed by atoms with van der Waals surface area (Å²) in [6.07, 6.45) is 1.49. The summed E-state index contributed by atoms with van der Waals surface area (Å²) in [4.78, 5) is 11.0.